The number of ether oxygens (including phenoxy) is 1. The Labute approximate surface area is 61.6 Å². The molecule has 1 fully saturated rings. The van der Waals surface area contributed by atoms with Crippen LogP contribution in [0.3, 0.4) is 0 Å². The molecule has 0 bridgehead atoms. The van der Waals surface area contributed by atoms with Crippen LogP contribution >= 0.6 is 0 Å². The van der Waals surface area contributed by atoms with E-state index in [0.717, 1.165) is 12.8 Å². The van der Waals surface area contributed by atoms with Gasteiger partial charge in [-0.15, -0.1) is 0 Å². The molecule has 0 N–H and O–H groups in total. The highest BCUT2D eigenvalue weighted by atomic mass is 16.5. The van der Waals surface area contributed by atoms with E-state index in [9.17, 15) is 4.79 Å². The van der Waals surface area contributed by atoms with Gasteiger partial charge in [0.25, 0.3) is 0 Å². The zero-order chi connectivity index (χ0) is 7.40. The first kappa shape index (κ1) is 7.58. The number of rotatable bonds is 0. The highest BCUT2D eigenvalue weighted by molar-refractivity contribution is 5.69. The molecule has 0 aromatic heterocycles. The van der Waals surface area contributed by atoms with Gasteiger partial charge in [-0.25, -0.2) is 0 Å². The Kier molecular flexibility index (Phi) is 2.72. The first-order valence-electron chi connectivity index (χ1n) is 3.94. The van der Waals surface area contributed by atoms with E-state index in [1.165, 1.54) is 6.42 Å². The number of esters is 1. The summed E-state index contributed by atoms with van der Waals surface area (Å²) in [5, 5.41) is 0. The molecule has 1 rings (SSSR count). The van der Waals surface area contributed by atoms with Crippen LogP contribution in [-0.4, -0.2) is 12.6 Å². The fourth-order valence-electron chi connectivity index (χ4n) is 1.20. The Morgan fingerprint density at radius 1 is 1.50 bits per heavy atom. The second kappa shape index (κ2) is 3.59. The molecule has 2 heteroatoms. The smallest absolute Gasteiger partial charge is 0.305 e. The van der Waals surface area contributed by atoms with E-state index in [2.05, 4.69) is 6.92 Å². The van der Waals surface area contributed by atoms with E-state index >= 15 is 0 Å². The lowest BCUT2D eigenvalue weighted by atomic mass is 9.99. The van der Waals surface area contributed by atoms with Crippen molar-refractivity contribution in [2.75, 3.05) is 6.61 Å². The van der Waals surface area contributed by atoms with Crippen LogP contribution in [0, 0.1) is 5.92 Å². The average Bonchev–Trinajstić information content (AvgIpc) is 1.90. The highest BCUT2D eigenvalue weighted by Gasteiger charge is 2.10. The third kappa shape index (κ3) is 2.38. The molecule has 2 nitrogen and oxygen atoms in total. The Balaban J connectivity index is 2.29. The molecule has 1 aliphatic rings. The molecule has 1 heterocycles. The van der Waals surface area contributed by atoms with Gasteiger partial charge in [-0.2, -0.15) is 0 Å². The van der Waals surface area contributed by atoms with Crippen molar-refractivity contribution >= 4 is 5.97 Å². The Bertz CT molecular complexity index is 120. The van der Waals surface area contributed by atoms with Crippen LogP contribution in [0.1, 0.15) is 32.6 Å². The maximum absolute atomic E-state index is 10.8. The van der Waals surface area contributed by atoms with Crippen LogP contribution in [0.25, 0.3) is 0 Å². The van der Waals surface area contributed by atoms with Crippen molar-refractivity contribution in [3.63, 3.8) is 0 Å². The van der Waals surface area contributed by atoms with Gasteiger partial charge in [0.15, 0.2) is 0 Å². The number of hydrogen-bond donors (Lipinski definition) is 0. The van der Waals surface area contributed by atoms with Crippen LogP contribution in [0.4, 0.5) is 0 Å². The largest absolute Gasteiger partial charge is 0.466 e. The quantitative estimate of drug-likeness (QED) is 0.481. The van der Waals surface area contributed by atoms with Crippen molar-refractivity contribution in [1.29, 1.82) is 0 Å². The van der Waals surface area contributed by atoms with Crippen molar-refractivity contribution in [3.8, 4) is 0 Å². The minimum atomic E-state index is -0.0217. The van der Waals surface area contributed by atoms with E-state index in [-0.39, 0.29) is 5.97 Å². The van der Waals surface area contributed by atoms with Crippen LogP contribution in [0.15, 0.2) is 0 Å². The molecule has 1 aliphatic heterocycles. The maximum Gasteiger partial charge on any atom is 0.305 e. The van der Waals surface area contributed by atoms with E-state index in [1.807, 2.05) is 0 Å². The van der Waals surface area contributed by atoms with Gasteiger partial charge in [0, 0.05) is 6.42 Å². The number of hydrogen-bond acceptors (Lipinski definition) is 2. The van der Waals surface area contributed by atoms with Crippen LogP contribution in [0.5, 0.6) is 0 Å². The summed E-state index contributed by atoms with van der Waals surface area (Å²) in [7, 11) is 0. The molecule has 0 amide bonds. The molecule has 0 radical (unpaired) electrons. The van der Waals surface area contributed by atoms with Crippen LogP contribution in [-0.2, 0) is 9.53 Å². The van der Waals surface area contributed by atoms with Gasteiger partial charge in [-0.1, -0.05) is 6.92 Å². The fourth-order valence-corrected chi connectivity index (χ4v) is 1.20. The summed E-state index contributed by atoms with van der Waals surface area (Å²) in [6.45, 7) is 2.82. The maximum atomic E-state index is 10.8. The van der Waals surface area contributed by atoms with Gasteiger partial charge in [-0.3, -0.25) is 4.79 Å². The summed E-state index contributed by atoms with van der Waals surface area (Å²) in [6, 6.07) is 0. The van der Waals surface area contributed by atoms with Gasteiger partial charge in [0.05, 0.1) is 6.61 Å². The zero-order valence-electron chi connectivity index (χ0n) is 6.43. The van der Waals surface area contributed by atoms with Gasteiger partial charge >= 0.3 is 5.97 Å². The molecule has 0 saturated carbocycles. The number of carbonyl (C=O) groups excluding carboxylic acids is 1. The summed E-state index contributed by atoms with van der Waals surface area (Å²) < 4.78 is 4.89. The minimum absolute atomic E-state index is 0.0217. The van der Waals surface area contributed by atoms with E-state index in [4.69, 9.17) is 4.74 Å². The van der Waals surface area contributed by atoms with Crippen molar-refractivity contribution in [3.05, 3.63) is 0 Å². The summed E-state index contributed by atoms with van der Waals surface area (Å²) >= 11 is 0. The normalized spacial score (nSPS) is 28.5. The summed E-state index contributed by atoms with van der Waals surface area (Å²) in [5.74, 6) is 0.680. The minimum Gasteiger partial charge on any atom is -0.466 e. The lowest BCUT2D eigenvalue weighted by Gasteiger charge is -2.14. The first-order valence-corrected chi connectivity index (χ1v) is 3.94. The monoisotopic (exact) mass is 142 g/mol. The topological polar surface area (TPSA) is 26.3 Å². The predicted molar refractivity (Wildman–Crippen MR) is 38.6 cm³/mol. The van der Waals surface area contributed by atoms with E-state index in [0.29, 0.717) is 18.9 Å². The molecule has 1 atom stereocenters. The van der Waals surface area contributed by atoms with Gasteiger partial charge < -0.3 is 4.74 Å². The van der Waals surface area contributed by atoms with Crippen molar-refractivity contribution in [1.82, 2.24) is 0 Å². The molecule has 58 valence electrons. The molecular weight excluding hydrogens is 128 g/mol. The van der Waals surface area contributed by atoms with Gasteiger partial charge in [-0.05, 0) is 25.2 Å². The third-order valence-corrected chi connectivity index (χ3v) is 1.95. The number of carbonyl (C=O) groups is 1. The Morgan fingerprint density at radius 2 is 2.30 bits per heavy atom. The Morgan fingerprint density at radius 3 is 3.10 bits per heavy atom. The van der Waals surface area contributed by atoms with E-state index in [1.54, 1.807) is 0 Å². The van der Waals surface area contributed by atoms with Crippen LogP contribution in [0.2, 0.25) is 0 Å². The lowest BCUT2D eigenvalue weighted by Crippen LogP contribution is -2.12. The van der Waals surface area contributed by atoms with E-state index < -0.39 is 0 Å². The molecule has 0 aromatic rings. The molecular formula is C8H14O2. The summed E-state index contributed by atoms with van der Waals surface area (Å²) in [5.41, 5.74) is 0. The molecule has 0 aromatic carbocycles. The third-order valence-electron chi connectivity index (χ3n) is 1.95. The van der Waals surface area contributed by atoms with Crippen molar-refractivity contribution in [2.24, 2.45) is 5.92 Å². The fraction of sp³-hybridized carbons (Fsp3) is 0.875. The summed E-state index contributed by atoms with van der Waals surface area (Å²) in [6.07, 6.45) is 3.85. The van der Waals surface area contributed by atoms with Crippen molar-refractivity contribution in [2.45, 2.75) is 32.6 Å². The molecule has 0 aliphatic carbocycles. The highest BCUT2D eigenvalue weighted by Crippen LogP contribution is 2.15. The second-order valence-corrected chi connectivity index (χ2v) is 3.01. The SMILES string of the molecule is C[C@@H]1CCCOC(=O)CC1. The molecule has 1 saturated heterocycles. The molecule has 0 spiro atoms. The standard InChI is InChI=1S/C8H14O2/c1-7-3-2-6-10-8(9)5-4-7/h7H,2-6H2,1H3/t7-/m1/s1. The van der Waals surface area contributed by atoms with Gasteiger partial charge in [0.1, 0.15) is 0 Å². The predicted octanol–water partition coefficient (Wildman–Crippen LogP) is 1.74. The summed E-state index contributed by atoms with van der Waals surface area (Å²) in [4.78, 5) is 10.8. The second-order valence-electron chi connectivity index (χ2n) is 3.01. The first-order chi connectivity index (χ1) is 4.79. The lowest BCUT2D eigenvalue weighted by molar-refractivity contribution is -0.144. The zero-order valence-corrected chi connectivity index (χ0v) is 6.43. The average molecular weight is 142 g/mol. The Hall–Kier alpha value is -0.530. The molecule has 0 unspecified atom stereocenters. The van der Waals surface area contributed by atoms with Crippen molar-refractivity contribution < 1.29 is 9.53 Å². The number of cyclic esters (lactones) is 1. The van der Waals surface area contributed by atoms with Crippen LogP contribution < -0.4 is 0 Å². The van der Waals surface area contributed by atoms with Gasteiger partial charge in [0.2, 0.25) is 0 Å². The molecule has 10 heavy (non-hydrogen) atoms.